The predicted octanol–water partition coefficient (Wildman–Crippen LogP) is 0.959. The molecule has 1 aromatic rings. The number of nitrogens with zero attached hydrogens (tertiary/aromatic N) is 1. The van der Waals surface area contributed by atoms with Crippen LogP contribution < -0.4 is 5.32 Å². The third kappa shape index (κ3) is 3.62. The average molecular weight is 242 g/mol. The Hall–Kier alpha value is -1.43. The van der Waals surface area contributed by atoms with Crippen molar-refractivity contribution in [2.24, 2.45) is 0 Å². The van der Waals surface area contributed by atoms with Crippen LogP contribution >= 0.6 is 0 Å². The van der Waals surface area contributed by atoms with Gasteiger partial charge in [-0.3, -0.25) is 4.21 Å². The molecule has 0 aliphatic heterocycles. The number of rotatable bonds is 5. The number of carboxylic acid groups (broad SMARTS) is 1. The highest BCUT2D eigenvalue weighted by molar-refractivity contribution is 7.84. The summed E-state index contributed by atoms with van der Waals surface area (Å²) in [4.78, 5) is 14.8. The number of anilines is 1. The molecule has 16 heavy (non-hydrogen) atoms. The molecule has 0 radical (unpaired) electrons. The van der Waals surface area contributed by atoms with Crippen LogP contribution in [0.2, 0.25) is 0 Å². The van der Waals surface area contributed by atoms with Crippen LogP contribution in [0.25, 0.3) is 0 Å². The predicted molar refractivity (Wildman–Crippen MR) is 63.2 cm³/mol. The maximum absolute atomic E-state index is 11.0. The topological polar surface area (TPSA) is 79.3 Å². The molecule has 88 valence electrons. The molecule has 0 aliphatic rings. The Morgan fingerprint density at radius 1 is 1.69 bits per heavy atom. The number of aromatic carboxylic acids is 1. The van der Waals surface area contributed by atoms with Crippen LogP contribution in [-0.4, -0.2) is 38.3 Å². The second kappa shape index (κ2) is 5.60. The highest BCUT2D eigenvalue weighted by Gasteiger charge is 2.13. The van der Waals surface area contributed by atoms with Crippen molar-refractivity contribution >= 4 is 22.6 Å². The molecular weight excluding hydrogens is 228 g/mol. The summed E-state index contributed by atoms with van der Waals surface area (Å²) in [6.45, 7) is 1.84. The van der Waals surface area contributed by atoms with E-state index in [0.29, 0.717) is 11.6 Å². The van der Waals surface area contributed by atoms with Gasteiger partial charge < -0.3 is 10.4 Å². The zero-order chi connectivity index (χ0) is 12.1. The summed E-state index contributed by atoms with van der Waals surface area (Å²) < 4.78 is 11.0. The Bertz CT molecular complexity index is 409. The third-order valence-corrected chi connectivity index (χ3v) is 2.88. The maximum Gasteiger partial charge on any atom is 0.339 e. The van der Waals surface area contributed by atoms with E-state index >= 15 is 0 Å². The summed E-state index contributed by atoms with van der Waals surface area (Å²) in [5.74, 6) is -0.260. The largest absolute Gasteiger partial charge is 0.478 e. The smallest absolute Gasteiger partial charge is 0.339 e. The molecule has 0 bridgehead atoms. The van der Waals surface area contributed by atoms with Crippen LogP contribution in [0.15, 0.2) is 18.3 Å². The molecule has 0 amide bonds. The summed E-state index contributed by atoms with van der Waals surface area (Å²) >= 11 is 0. The van der Waals surface area contributed by atoms with E-state index in [1.807, 2.05) is 6.92 Å². The first-order valence-corrected chi connectivity index (χ1v) is 6.48. The molecule has 6 heteroatoms. The fourth-order valence-corrected chi connectivity index (χ4v) is 2.11. The van der Waals surface area contributed by atoms with Gasteiger partial charge in [0.2, 0.25) is 0 Å². The second-order valence-electron chi connectivity index (χ2n) is 3.49. The summed E-state index contributed by atoms with van der Waals surface area (Å²) in [5, 5.41) is 11.9. The maximum atomic E-state index is 11.0. The zero-order valence-corrected chi connectivity index (χ0v) is 9.95. The molecule has 0 saturated heterocycles. The van der Waals surface area contributed by atoms with E-state index in [1.165, 1.54) is 12.3 Å². The van der Waals surface area contributed by atoms with Crippen LogP contribution in [0.4, 0.5) is 5.82 Å². The van der Waals surface area contributed by atoms with E-state index < -0.39 is 16.8 Å². The first kappa shape index (κ1) is 12.6. The Morgan fingerprint density at radius 3 is 2.94 bits per heavy atom. The van der Waals surface area contributed by atoms with Gasteiger partial charge in [-0.05, 0) is 19.1 Å². The van der Waals surface area contributed by atoms with E-state index in [-0.39, 0.29) is 11.6 Å². The number of carbonyl (C=O) groups is 1. The minimum absolute atomic E-state index is 0.0844. The quantitative estimate of drug-likeness (QED) is 0.804. The number of aromatic nitrogens is 1. The number of carboxylic acids is 1. The Balaban J connectivity index is 2.80. The SMILES string of the molecule is CC(CS(C)=O)Nc1ncccc1C(=O)O. The number of hydrogen-bond donors (Lipinski definition) is 2. The molecule has 1 rings (SSSR count). The molecule has 0 aliphatic carbocycles. The molecule has 0 aromatic carbocycles. The minimum Gasteiger partial charge on any atom is -0.478 e. The molecular formula is C10H14N2O3S. The molecule has 2 N–H and O–H groups in total. The van der Waals surface area contributed by atoms with E-state index in [0.717, 1.165) is 0 Å². The highest BCUT2D eigenvalue weighted by atomic mass is 32.2. The van der Waals surface area contributed by atoms with Gasteiger partial charge in [0, 0.05) is 35.0 Å². The van der Waals surface area contributed by atoms with E-state index in [1.54, 1.807) is 12.3 Å². The molecule has 5 nitrogen and oxygen atoms in total. The van der Waals surface area contributed by atoms with Crippen LogP contribution in [0.1, 0.15) is 17.3 Å². The van der Waals surface area contributed by atoms with Crippen LogP contribution in [-0.2, 0) is 10.8 Å². The minimum atomic E-state index is -1.03. The van der Waals surface area contributed by atoms with Gasteiger partial charge in [-0.1, -0.05) is 0 Å². The van der Waals surface area contributed by atoms with Crippen LogP contribution in [0, 0.1) is 0 Å². The fraction of sp³-hybridized carbons (Fsp3) is 0.400. The van der Waals surface area contributed by atoms with Crippen LogP contribution in [0.3, 0.4) is 0 Å². The van der Waals surface area contributed by atoms with Gasteiger partial charge in [-0.2, -0.15) is 0 Å². The van der Waals surface area contributed by atoms with E-state index in [4.69, 9.17) is 5.11 Å². The average Bonchev–Trinajstić information content (AvgIpc) is 2.16. The fourth-order valence-electron chi connectivity index (χ4n) is 1.32. The molecule has 2 unspecified atom stereocenters. The lowest BCUT2D eigenvalue weighted by atomic mass is 10.2. The lowest BCUT2D eigenvalue weighted by Crippen LogP contribution is -2.24. The summed E-state index contributed by atoms with van der Waals surface area (Å²) in [5.41, 5.74) is 0.122. The molecule has 0 spiro atoms. The van der Waals surface area contributed by atoms with Gasteiger partial charge in [-0.15, -0.1) is 0 Å². The monoisotopic (exact) mass is 242 g/mol. The van der Waals surface area contributed by atoms with Crippen molar-refractivity contribution in [3.63, 3.8) is 0 Å². The summed E-state index contributed by atoms with van der Waals surface area (Å²) in [6, 6.07) is 2.96. The normalized spacial score (nSPS) is 14.1. The molecule has 1 aromatic heterocycles. The summed E-state index contributed by atoms with van der Waals surface area (Å²) in [7, 11) is -0.924. The number of hydrogen-bond acceptors (Lipinski definition) is 4. The van der Waals surface area contributed by atoms with E-state index in [9.17, 15) is 9.00 Å². The van der Waals surface area contributed by atoms with Gasteiger partial charge in [0.1, 0.15) is 11.4 Å². The lowest BCUT2D eigenvalue weighted by molar-refractivity contribution is 0.0697. The first-order chi connectivity index (χ1) is 7.50. The number of pyridine rings is 1. The van der Waals surface area contributed by atoms with Crippen LogP contribution in [0.5, 0.6) is 0 Å². The molecule has 1 heterocycles. The van der Waals surface area contributed by atoms with Crippen molar-refractivity contribution < 1.29 is 14.1 Å². The lowest BCUT2D eigenvalue weighted by Gasteiger charge is -2.14. The standard InChI is InChI=1S/C10H14N2O3S/c1-7(6-16(2)15)12-9-8(10(13)14)4-3-5-11-9/h3-5,7H,6H2,1-2H3,(H,11,12)(H,13,14). The van der Waals surface area contributed by atoms with Gasteiger partial charge in [0.15, 0.2) is 0 Å². The molecule has 0 saturated carbocycles. The molecule has 0 fully saturated rings. The Morgan fingerprint density at radius 2 is 2.38 bits per heavy atom. The third-order valence-electron chi connectivity index (χ3n) is 1.91. The number of nitrogens with one attached hydrogen (secondary N) is 1. The van der Waals surface area contributed by atoms with Crippen molar-refractivity contribution in [3.8, 4) is 0 Å². The Labute approximate surface area is 96.4 Å². The summed E-state index contributed by atoms with van der Waals surface area (Å²) in [6.07, 6.45) is 3.12. The van der Waals surface area contributed by atoms with Crippen molar-refractivity contribution in [3.05, 3.63) is 23.9 Å². The Kier molecular flexibility index (Phi) is 4.42. The van der Waals surface area contributed by atoms with Gasteiger partial charge in [0.25, 0.3) is 0 Å². The van der Waals surface area contributed by atoms with Crippen molar-refractivity contribution in [2.75, 3.05) is 17.3 Å². The second-order valence-corrected chi connectivity index (χ2v) is 4.97. The van der Waals surface area contributed by atoms with Crippen molar-refractivity contribution in [1.82, 2.24) is 4.98 Å². The van der Waals surface area contributed by atoms with Gasteiger partial charge >= 0.3 is 5.97 Å². The first-order valence-electron chi connectivity index (χ1n) is 4.75. The highest BCUT2D eigenvalue weighted by Crippen LogP contribution is 2.12. The van der Waals surface area contributed by atoms with Gasteiger partial charge in [-0.25, -0.2) is 9.78 Å². The molecule has 2 atom stereocenters. The van der Waals surface area contributed by atoms with E-state index in [2.05, 4.69) is 10.3 Å². The van der Waals surface area contributed by atoms with Crippen molar-refractivity contribution in [2.45, 2.75) is 13.0 Å². The van der Waals surface area contributed by atoms with Crippen molar-refractivity contribution in [1.29, 1.82) is 0 Å². The van der Waals surface area contributed by atoms with Gasteiger partial charge in [0.05, 0.1) is 0 Å². The zero-order valence-electron chi connectivity index (χ0n) is 9.14.